The maximum absolute atomic E-state index is 11.4. The fourth-order valence-corrected chi connectivity index (χ4v) is 1.98. The van der Waals surface area contributed by atoms with Gasteiger partial charge in [0.05, 0.1) is 19.9 Å². The van der Waals surface area contributed by atoms with E-state index in [4.69, 9.17) is 9.47 Å². The lowest BCUT2D eigenvalue weighted by Gasteiger charge is -2.11. The number of benzene rings is 1. The van der Waals surface area contributed by atoms with Crippen LogP contribution in [0.2, 0.25) is 0 Å². The van der Waals surface area contributed by atoms with Gasteiger partial charge in [0, 0.05) is 6.07 Å². The van der Waals surface area contributed by atoms with Gasteiger partial charge in [-0.05, 0) is 12.1 Å². The summed E-state index contributed by atoms with van der Waals surface area (Å²) in [7, 11) is -0.428. The molecule has 0 aliphatic rings. The second kappa shape index (κ2) is 5.40. The lowest BCUT2D eigenvalue weighted by Crippen LogP contribution is -2.13. The first-order chi connectivity index (χ1) is 7.52. The third-order valence-corrected chi connectivity index (χ3v) is 4.44. The van der Waals surface area contributed by atoms with Gasteiger partial charge in [-0.25, -0.2) is 8.42 Å². The zero-order valence-electron chi connectivity index (χ0n) is 8.86. The first-order valence-electron chi connectivity index (χ1n) is 4.31. The molecule has 1 aromatic carbocycles. The molecule has 0 fully saturated rings. The van der Waals surface area contributed by atoms with Crippen LogP contribution < -0.4 is 14.2 Å². The van der Waals surface area contributed by atoms with Crippen LogP contribution in [0, 0.1) is 0 Å². The average Bonchev–Trinajstić information content (AvgIpc) is 2.28. The highest BCUT2D eigenvalue weighted by Gasteiger charge is 2.12. The van der Waals surface area contributed by atoms with Crippen molar-refractivity contribution in [1.29, 1.82) is 0 Å². The normalized spacial score (nSPS) is 10.9. The van der Waals surface area contributed by atoms with E-state index in [9.17, 15) is 8.42 Å². The van der Waals surface area contributed by atoms with E-state index >= 15 is 0 Å². The number of ether oxygens (including phenoxy) is 2. The maximum atomic E-state index is 11.4. The molecule has 0 saturated heterocycles. The summed E-state index contributed by atoms with van der Waals surface area (Å²) in [6, 6.07) is 4.87. The van der Waals surface area contributed by atoms with Gasteiger partial charge in [-0.3, -0.25) is 4.72 Å². The molecule has 0 radical (unpaired) electrons. The largest absolute Gasteiger partial charge is 0.497 e. The second-order valence-electron chi connectivity index (χ2n) is 2.89. The Balaban J connectivity index is 3.10. The van der Waals surface area contributed by atoms with Gasteiger partial charge in [0.2, 0.25) is 10.0 Å². The molecule has 0 atom stereocenters. The summed E-state index contributed by atoms with van der Waals surface area (Å²) < 4.78 is 35.0. The van der Waals surface area contributed by atoms with Crippen molar-refractivity contribution in [3.8, 4) is 11.5 Å². The molecule has 16 heavy (non-hydrogen) atoms. The molecule has 0 bridgehead atoms. The van der Waals surface area contributed by atoms with Crippen molar-refractivity contribution in [1.82, 2.24) is 0 Å². The Hall–Kier alpha value is -0.950. The molecular weight excluding hydrogens is 298 g/mol. The molecule has 0 aromatic heterocycles. The molecule has 90 valence electrons. The maximum Gasteiger partial charge on any atom is 0.242 e. The minimum Gasteiger partial charge on any atom is -0.497 e. The predicted octanol–water partition coefficient (Wildman–Crippen LogP) is 1.80. The molecule has 0 unspecified atom stereocenters. The highest BCUT2D eigenvalue weighted by atomic mass is 79.9. The Morgan fingerprint density at radius 1 is 1.31 bits per heavy atom. The standard InChI is InChI=1S/C9H12BrNO4S/c1-14-7-3-4-9(15-2)8(5-7)11-16(12,13)6-10/h3-5,11H,6H2,1-2H3. The highest BCUT2D eigenvalue weighted by molar-refractivity contribution is 9.10. The van der Waals surface area contributed by atoms with Gasteiger partial charge in [-0.15, -0.1) is 0 Å². The number of hydrogen-bond donors (Lipinski definition) is 1. The number of anilines is 1. The van der Waals surface area contributed by atoms with E-state index < -0.39 is 10.0 Å². The van der Waals surface area contributed by atoms with Crippen LogP contribution in [-0.2, 0) is 10.0 Å². The SMILES string of the molecule is COc1ccc(OC)c(NS(=O)(=O)CBr)c1. The number of halogens is 1. The molecule has 1 rings (SSSR count). The summed E-state index contributed by atoms with van der Waals surface area (Å²) in [5.41, 5.74) is 0.348. The van der Waals surface area contributed by atoms with Gasteiger partial charge in [-0.1, -0.05) is 15.9 Å². The molecule has 1 N–H and O–H groups in total. The molecule has 0 saturated carbocycles. The van der Waals surface area contributed by atoms with Crippen molar-refractivity contribution in [2.75, 3.05) is 23.6 Å². The lowest BCUT2D eigenvalue weighted by atomic mass is 10.3. The van der Waals surface area contributed by atoms with E-state index in [1.807, 2.05) is 0 Å². The van der Waals surface area contributed by atoms with Crippen molar-refractivity contribution in [2.24, 2.45) is 0 Å². The van der Waals surface area contributed by atoms with Crippen LogP contribution in [0.15, 0.2) is 18.2 Å². The van der Waals surface area contributed by atoms with Gasteiger partial charge in [0.1, 0.15) is 16.2 Å². The van der Waals surface area contributed by atoms with Crippen molar-refractivity contribution >= 4 is 31.6 Å². The van der Waals surface area contributed by atoms with Crippen LogP contribution in [0.4, 0.5) is 5.69 Å². The molecule has 0 aliphatic carbocycles. The number of rotatable bonds is 5. The third-order valence-electron chi connectivity index (χ3n) is 1.82. The van der Waals surface area contributed by atoms with Gasteiger partial charge in [0.15, 0.2) is 0 Å². The van der Waals surface area contributed by atoms with E-state index in [0.717, 1.165) is 0 Å². The van der Waals surface area contributed by atoms with Crippen molar-refractivity contribution in [3.63, 3.8) is 0 Å². The van der Waals surface area contributed by atoms with Crippen LogP contribution in [0.25, 0.3) is 0 Å². The minimum atomic E-state index is -3.40. The zero-order valence-corrected chi connectivity index (χ0v) is 11.3. The molecule has 1 aromatic rings. The monoisotopic (exact) mass is 309 g/mol. The summed E-state index contributed by atoms with van der Waals surface area (Å²) in [6.07, 6.45) is 0. The number of methoxy groups -OCH3 is 2. The highest BCUT2D eigenvalue weighted by Crippen LogP contribution is 2.29. The van der Waals surface area contributed by atoms with Gasteiger partial charge < -0.3 is 9.47 Å². The first kappa shape index (κ1) is 13.1. The molecule has 0 spiro atoms. The Labute approximate surface area is 103 Å². The Morgan fingerprint density at radius 3 is 2.50 bits per heavy atom. The lowest BCUT2D eigenvalue weighted by molar-refractivity contribution is 0.405. The van der Waals surface area contributed by atoms with Gasteiger partial charge in [-0.2, -0.15) is 0 Å². The third kappa shape index (κ3) is 3.28. The van der Waals surface area contributed by atoms with E-state index in [1.165, 1.54) is 14.2 Å². The molecule has 7 heteroatoms. The molecule has 5 nitrogen and oxygen atoms in total. The predicted molar refractivity (Wildman–Crippen MR) is 65.9 cm³/mol. The molecular formula is C9H12BrNO4S. The van der Waals surface area contributed by atoms with Crippen LogP contribution in [0.1, 0.15) is 0 Å². The number of sulfonamides is 1. The summed E-state index contributed by atoms with van der Waals surface area (Å²) in [4.78, 5) is 0. The van der Waals surface area contributed by atoms with Crippen LogP contribution in [0.3, 0.4) is 0 Å². The Kier molecular flexibility index (Phi) is 4.43. The van der Waals surface area contributed by atoms with Gasteiger partial charge in [0.25, 0.3) is 0 Å². The van der Waals surface area contributed by atoms with Gasteiger partial charge >= 0.3 is 0 Å². The van der Waals surface area contributed by atoms with Crippen molar-refractivity contribution < 1.29 is 17.9 Å². The number of alkyl halides is 1. The summed E-state index contributed by atoms with van der Waals surface area (Å²) in [5.74, 6) is 0.985. The van der Waals surface area contributed by atoms with E-state index in [-0.39, 0.29) is 4.66 Å². The van der Waals surface area contributed by atoms with Crippen LogP contribution >= 0.6 is 15.9 Å². The smallest absolute Gasteiger partial charge is 0.242 e. The Bertz CT molecular complexity index is 461. The van der Waals surface area contributed by atoms with Crippen molar-refractivity contribution in [3.05, 3.63) is 18.2 Å². The van der Waals surface area contributed by atoms with Crippen LogP contribution in [-0.4, -0.2) is 27.3 Å². The number of nitrogens with one attached hydrogen (secondary N) is 1. The average molecular weight is 310 g/mol. The zero-order chi connectivity index (χ0) is 12.2. The second-order valence-corrected chi connectivity index (χ2v) is 5.92. The summed E-state index contributed by atoms with van der Waals surface area (Å²) >= 11 is 2.89. The van der Waals surface area contributed by atoms with Crippen molar-refractivity contribution in [2.45, 2.75) is 0 Å². The number of hydrogen-bond acceptors (Lipinski definition) is 4. The Morgan fingerprint density at radius 2 is 2.00 bits per heavy atom. The molecule has 0 amide bonds. The van der Waals surface area contributed by atoms with E-state index in [2.05, 4.69) is 20.7 Å². The van der Waals surface area contributed by atoms with E-state index in [1.54, 1.807) is 18.2 Å². The first-order valence-corrected chi connectivity index (χ1v) is 7.08. The summed E-state index contributed by atoms with van der Waals surface area (Å²) in [5, 5.41) is 0. The fraction of sp³-hybridized carbons (Fsp3) is 0.333. The quantitative estimate of drug-likeness (QED) is 0.842. The topological polar surface area (TPSA) is 64.6 Å². The summed E-state index contributed by atoms with van der Waals surface area (Å²) in [6.45, 7) is 0. The van der Waals surface area contributed by atoms with Crippen LogP contribution in [0.5, 0.6) is 11.5 Å². The van der Waals surface area contributed by atoms with E-state index in [0.29, 0.717) is 17.2 Å². The molecule has 0 heterocycles. The fourth-order valence-electron chi connectivity index (χ4n) is 1.09. The molecule has 0 aliphatic heterocycles. The minimum absolute atomic E-state index is 0.180.